The lowest BCUT2D eigenvalue weighted by molar-refractivity contribution is -0.0000958. The number of carbonyl (C=O) groups is 1. The molecule has 1 heterocycles. The van der Waals surface area contributed by atoms with E-state index in [0.29, 0.717) is 6.54 Å². The second-order valence-corrected chi connectivity index (χ2v) is 5.17. The van der Waals surface area contributed by atoms with E-state index in [9.17, 15) is 4.79 Å². The van der Waals surface area contributed by atoms with Crippen molar-refractivity contribution in [1.29, 1.82) is 0 Å². The fourth-order valence-corrected chi connectivity index (χ4v) is 2.04. The highest BCUT2D eigenvalue weighted by Gasteiger charge is 2.32. The first-order valence-corrected chi connectivity index (χ1v) is 6.31. The quantitative estimate of drug-likeness (QED) is 0.878. The van der Waals surface area contributed by atoms with Crippen LogP contribution in [0.2, 0.25) is 0 Å². The molecule has 1 atom stereocenters. The van der Waals surface area contributed by atoms with Crippen LogP contribution in [0.5, 0.6) is 0 Å². The number of aryl methyl sites for hydroxylation is 1. The van der Waals surface area contributed by atoms with Crippen LogP contribution < -0.4 is 10.6 Å². The standard InChI is InChI=1S/C14H19N3O2/c1-10-6-4-5-7-12(10)16-13(18)15-9-14(3)8-11(2)17-19-14/h4-7H,8-9H2,1-3H3,(H2,15,16,18)/t14-/m1/s1. The van der Waals surface area contributed by atoms with E-state index in [0.717, 1.165) is 23.4 Å². The van der Waals surface area contributed by atoms with Crippen LogP contribution in [-0.2, 0) is 4.84 Å². The topological polar surface area (TPSA) is 62.7 Å². The van der Waals surface area contributed by atoms with E-state index < -0.39 is 5.60 Å². The van der Waals surface area contributed by atoms with Gasteiger partial charge in [0.15, 0.2) is 5.60 Å². The summed E-state index contributed by atoms with van der Waals surface area (Å²) in [5.41, 5.74) is 2.35. The molecule has 2 amide bonds. The normalized spacial score (nSPS) is 21.5. The molecule has 5 heteroatoms. The Bertz CT molecular complexity index is 513. The lowest BCUT2D eigenvalue weighted by Crippen LogP contribution is -2.42. The highest BCUT2D eigenvalue weighted by Crippen LogP contribution is 2.22. The van der Waals surface area contributed by atoms with Crippen LogP contribution in [0.3, 0.4) is 0 Å². The van der Waals surface area contributed by atoms with E-state index in [-0.39, 0.29) is 6.03 Å². The Hall–Kier alpha value is -2.04. The predicted octanol–water partition coefficient (Wildman–Crippen LogP) is 2.67. The number of nitrogens with one attached hydrogen (secondary N) is 2. The van der Waals surface area contributed by atoms with Gasteiger partial charge in [-0.05, 0) is 32.4 Å². The number of oxime groups is 1. The number of rotatable bonds is 3. The van der Waals surface area contributed by atoms with E-state index in [2.05, 4.69) is 15.8 Å². The summed E-state index contributed by atoms with van der Waals surface area (Å²) in [6, 6.07) is 7.42. The zero-order valence-corrected chi connectivity index (χ0v) is 11.5. The summed E-state index contributed by atoms with van der Waals surface area (Å²) in [6.07, 6.45) is 0.734. The maximum atomic E-state index is 11.8. The summed E-state index contributed by atoms with van der Waals surface area (Å²) in [5, 5.41) is 9.54. The third kappa shape index (κ3) is 3.47. The molecule has 2 N–H and O–H groups in total. The first-order valence-electron chi connectivity index (χ1n) is 6.31. The lowest BCUT2D eigenvalue weighted by atomic mass is 10.0. The van der Waals surface area contributed by atoms with Crippen molar-refractivity contribution < 1.29 is 9.63 Å². The summed E-state index contributed by atoms with van der Waals surface area (Å²) in [6.45, 7) is 6.22. The lowest BCUT2D eigenvalue weighted by Gasteiger charge is -2.21. The Labute approximate surface area is 113 Å². The molecule has 0 aromatic heterocycles. The van der Waals surface area contributed by atoms with E-state index in [1.165, 1.54) is 0 Å². The second-order valence-electron chi connectivity index (χ2n) is 5.17. The Kier molecular flexibility index (Phi) is 3.74. The van der Waals surface area contributed by atoms with Gasteiger partial charge in [-0.15, -0.1) is 0 Å². The number of benzene rings is 1. The van der Waals surface area contributed by atoms with Crippen molar-refractivity contribution in [3.8, 4) is 0 Å². The molecule has 1 aliphatic rings. The number of hydrogen-bond donors (Lipinski definition) is 2. The molecule has 0 bridgehead atoms. The van der Waals surface area contributed by atoms with Crippen LogP contribution in [-0.4, -0.2) is 23.9 Å². The summed E-state index contributed by atoms with van der Waals surface area (Å²) in [7, 11) is 0. The summed E-state index contributed by atoms with van der Waals surface area (Å²) in [4.78, 5) is 17.2. The molecule has 0 unspecified atom stereocenters. The predicted molar refractivity (Wildman–Crippen MR) is 75.4 cm³/mol. The number of amides is 2. The van der Waals surface area contributed by atoms with Gasteiger partial charge >= 0.3 is 6.03 Å². The molecule has 0 saturated carbocycles. The minimum Gasteiger partial charge on any atom is -0.387 e. The molecule has 1 aromatic carbocycles. The van der Waals surface area contributed by atoms with Gasteiger partial charge in [-0.1, -0.05) is 23.4 Å². The molecule has 19 heavy (non-hydrogen) atoms. The van der Waals surface area contributed by atoms with Crippen molar-refractivity contribution in [2.75, 3.05) is 11.9 Å². The molecule has 0 radical (unpaired) electrons. The number of hydrogen-bond acceptors (Lipinski definition) is 3. The maximum absolute atomic E-state index is 11.8. The van der Waals surface area contributed by atoms with Gasteiger partial charge in [0.05, 0.1) is 12.3 Å². The first-order chi connectivity index (χ1) is 8.98. The minimum atomic E-state index is -0.437. The van der Waals surface area contributed by atoms with Crippen LogP contribution in [0, 0.1) is 6.92 Å². The van der Waals surface area contributed by atoms with Crippen LogP contribution >= 0.6 is 0 Å². The molecule has 2 rings (SSSR count). The number of para-hydroxylation sites is 1. The molecule has 0 saturated heterocycles. The summed E-state index contributed by atoms with van der Waals surface area (Å²) >= 11 is 0. The van der Waals surface area contributed by atoms with Crippen molar-refractivity contribution in [2.24, 2.45) is 5.16 Å². The fraction of sp³-hybridized carbons (Fsp3) is 0.429. The van der Waals surface area contributed by atoms with Gasteiger partial charge in [-0.2, -0.15) is 0 Å². The molecule has 1 aliphatic heterocycles. The van der Waals surface area contributed by atoms with Gasteiger partial charge in [0.2, 0.25) is 0 Å². The molecule has 1 aromatic rings. The fourth-order valence-electron chi connectivity index (χ4n) is 2.04. The van der Waals surface area contributed by atoms with Crippen molar-refractivity contribution in [2.45, 2.75) is 32.8 Å². The average molecular weight is 261 g/mol. The molecular weight excluding hydrogens is 242 g/mol. The Morgan fingerprint density at radius 1 is 1.42 bits per heavy atom. The van der Waals surface area contributed by atoms with E-state index in [1.807, 2.05) is 45.0 Å². The van der Waals surface area contributed by atoms with Crippen molar-refractivity contribution >= 4 is 17.4 Å². The Morgan fingerprint density at radius 2 is 2.16 bits per heavy atom. The second kappa shape index (κ2) is 5.30. The van der Waals surface area contributed by atoms with Crippen molar-refractivity contribution in [3.05, 3.63) is 29.8 Å². The van der Waals surface area contributed by atoms with Crippen LogP contribution in [0.25, 0.3) is 0 Å². The highest BCUT2D eigenvalue weighted by atomic mass is 16.7. The average Bonchev–Trinajstić information content (AvgIpc) is 2.71. The van der Waals surface area contributed by atoms with Crippen LogP contribution in [0.15, 0.2) is 29.4 Å². The number of nitrogens with zero attached hydrogens (tertiary/aromatic N) is 1. The Balaban J connectivity index is 1.84. The number of urea groups is 1. The van der Waals surface area contributed by atoms with Crippen LogP contribution in [0.4, 0.5) is 10.5 Å². The maximum Gasteiger partial charge on any atom is 0.319 e. The summed E-state index contributed by atoms with van der Waals surface area (Å²) < 4.78 is 0. The van der Waals surface area contributed by atoms with Gasteiger partial charge in [0.1, 0.15) is 0 Å². The Morgan fingerprint density at radius 3 is 2.79 bits per heavy atom. The van der Waals surface area contributed by atoms with E-state index in [4.69, 9.17) is 4.84 Å². The van der Waals surface area contributed by atoms with E-state index >= 15 is 0 Å². The van der Waals surface area contributed by atoms with Crippen LogP contribution in [0.1, 0.15) is 25.8 Å². The molecule has 102 valence electrons. The largest absolute Gasteiger partial charge is 0.387 e. The van der Waals surface area contributed by atoms with Gasteiger partial charge in [-0.3, -0.25) is 0 Å². The third-order valence-electron chi connectivity index (χ3n) is 3.07. The van der Waals surface area contributed by atoms with Gasteiger partial charge in [-0.25, -0.2) is 4.79 Å². The van der Waals surface area contributed by atoms with Crippen molar-refractivity contribution in [1.82, 2.24) is 5.32 Å². The minimum absolute atomic E-state index is 0.233. The van der Waals surface area contributed by atoms with Gasteiger partial charge < -0.3 is 15.5 Å². The first kappa shape index (κ1) is 13.4. The smallest absolute Gasteiger partial charge is 0.319 e. The zero-order chi connectivity index (χ0) is 13.9. The van der Waals surface area contributed by atoms with Crippen molar-refractivity contribution in [3.63, 3.8) is 0 Å². The molecule has 0 aliphatic carbocycles. The number of anilines is 1. The zero-order valence-electron chi connectivity index (χ0n) is 11.5. The van der Waals surface area contributed by atoms with E-state index in [1.54, 1.807) is 0 Å². The molecule has 0 spiro atoms. The number of carbonyl (C=O) groups excluding carboxylic acids is 1. The molecule has 5 nitrogen and oxygen atoms in total. The van der Waals surface area contributed by atoms with Gasteiger partial charge in [0, 0.05) is 12.1 Å². The SMILES string of the molecule is CC1=NO[C@@](C)(CNC(=O)Nc2ccccc2C)C1. The molecular formula is C14H19N3O2. The van der Waals surface area contributed by atoms with Gasteiger partial charge in [0.25, 0.3) is 0 Å². The molecule has 0 fully saturated rings. The summed E-state index contributed by atoms with van der Waals surface area (Å²) in [5.74, 6) is 0. The third-order valence-corrected chi connectivity index (χ3v) is 3.07. The highest BCUT2D eigenvalue weighted by molar-refractivity contribution is 5.90. The monoisotopic (exact) mass is 261 g/mol.